The van der Waals surface area contributed by atoms with Gasteiger partial charge >= 0.3 is 6.18 Å². The molecule has 1 heterocycles. The Kier molecular flexibility index (Phi) is 2.22. The Morgan fingerprint density at radius 3 is 2.38 bits per heavy atom. The van der Waals surface area contributed by atoms with Gasteiger partial charge in [-0.1, -0.05) is 0 Å². The van der Waals surface area contributed by atoms with Crippen molar-refractivity contribution in [1.29, 1.82) is 0 Å². The van der Waals surface area contributed by atoms with Crippen molar-refractivity contribution in [2.75, 3.05) is 0 Å². The van der Waals surface area contributed by atoms with Crippen LogP contribution in [0.15, 0.2) is 17.1 Å². The standard InChI is InChI=1S/C7H4F3NO2/c8-7(9,10)6-1-5(13)4(3-12)2-11-6/h1-3H,(H,11,13). The van der Waals surface area contributed by atoms with E-state index in [0.29, 0.717) is 6.07 Å². The van der Waals surface area contributed by atoms with Gasteiger partial charge in [-0.15, -0.1) is 0 Å². The van der Waals surface area contributed by atoms with Crippen LogP contribution in [-0.2, 0) is 6.18 Å². The molecule has 6 heteroatoms. The zero-order valence-corrected chi connectivity index (χ0v) is 6.18. The van der Waals surface area contributed by atoms with E-state index in [1.54, 1.807) is 0 Å². The number of nitrogens with one attached hydrogen (secondary N) is 1. The van der Waals surface area contributed by atoms with E-state index in [1.807, 2.05) is 4.98 Å². The van der Waals surface area contributed by atoms with Gasteiger partial charge in [0, 0.05) is 12.3 Å². The van der Waals surface area contributed by atoms with Gasteiger partial charge in [-0.05, 0) is 0 Å². The minimum Gasteiger partial charge on any atom is -0.357 e. The fourth-order valence-corrected chi connectivity index (χ4v) is 0.738. The summed E-state index contributed by atoms with van der Waals surface area (Å²) >= 11 is 0. The third-order valence-corrected chi connectivity index (χ3v) is 1.38. The van der Waals surface area contributed by atoms with Gasteiger partial charge in [-0.2, -0.15) is 13.2 Å². The number of carbonyl (C=O) groups excluding carboxylic acids is 1. The molecular weight excluding hydrogens is 187 g/mol. The van der Waals surface area contributed by atoms with Crippen molar-refractivity contribution in [3.63, 3.8) is 0 Å². The molecule has 0 unspecified atom stereocenters. The molecule has 0 aromatic carbocycles. The lowest BCUT2D eigenvalue weighted by Gasteiger charge is -2.04. The van der Waals surface area contributed by atoms with Crippen LogP contribution < -0.4 is 5.43 Å². The lowest BCUT2D eigenvalue weighted by molar-refractivity contribution is -0.141. The number of aromatic nitrogens is 1. The van der Waals surface area contributed by atoms with Crippen LogP contribution in [0.1, 0.15) is 16.1 Å². The van der Waals surface area contributed by atoms with Crippen molar-refractivity contribution in [2.45, 2.75) is 6.18 Å². The smallest absolute Gasteiger partial charge is 0.357 e. The van der Waals surface area contributed by atoms with E-state index in [-0.39, 0.29) is 11.8 Å². The van der Waals surface area contributed by atoms with Gasteiger partial charge < -0.3 is 4.98 Å². The summed E-state index contributed by atoms with van der Waals surface area (Å²) in [6.45, 7) is 0. The van der Waals surface area contributed by atoms with Crippen LogP contribution in [0.2, 0.25) is 0 Å². The Labute approximate surface area is 70.2 Å². The quantitative estimate of drug-likeness (QED) is 0.678. The lowest BCUT2D eigenvalue weighted by Crippen LogP contribution is -2.15. The lowest BCUT2D eigenvalue weighted by atomic mass is 10.2. The second kappa shape index (κ2) is 3.04. The molecule has 0 spiro atoms. The molecule has 0 saturated carbocycles. The number of aldehydes is 1. The van der Waals surface area contributed by atoms with Crippen molar-refractivity contribution in [3.8, 4) is 0 Å². The molecule has 0 aliphatic rings. The molecular formula is C7H4F3NO2. The van der Waals surface area contributed by atoms with Gasteiger partial charge in [-0.3, -0.25) is 9.59 Å². The first-order chi connectivity index (χ1) is 5.95. The molecule has 13 heavy (non-hydrogen) atoms. The van der Waals surface area contributed by atoms with Gasteiger partial charge in [0.05, 0.1) is 5.56 Å². The zero-order valence-electron chi connectivity index (χ0n) is 6.18. The maximum atomic E-state index is 11.9. The number of pyridine rings is 1. The summed E-state index contributed by atoms with van der Waals surface area (Å²) in [5, 5.41) is 0. The average molecular weight is 191 g/mol. The number of rotatable bonds is 1. The van der Waals surface area contributed by atoms with Gasteiger partial charge in [0.1, 0.15) is 5.69 Å². The largest absolute Gasteiger partial charge is 0.431 e. The Morgan fingerprint density at radius 1 is 1.38 bits per heavy atom. The summed E-state index contributed by atoms with van der Waals surface area (Å²) < 4.78 is 35.8. The van der Waals surface area contributed by atoms with E-state index in [2.05, 4.69) is 0 Å². The van der Waals surface area contributed by atoms with Crippen molar-refractivity contribution in [3.05, 3.63) is 33.7 Å². The first-order valence-electron chi connectivity index (χ1n) is 3.20. The van der Waals surface area contributed by atoms with E-state index in [1.165, 1.54) is 0 Å². The Bertz CT molecular complexity index is 380. The zero-order chi connectivity index (χ0) is 10.1. The summed E-state index contributed by atoms with van der Waals surface area (Å²) in [4.78, 5) is 22.7. The molecule has 1 rings (SSSR count). The maximum absolute atomic E-state index is 11.9. The van der Waals surface area contributed by atoms with E-state index in [0.717, 1.165) is 6.20 Å². The highest BCUT2D eigenvalue weighted by Gasteiger charge is 2.31. The summed E-state index contributed by atoms with van der Waals surface area (Å²) in [6, 6.07) is 0.351. The molecule has 0 amide bonds. The number of halogens is 3. The highest BCUT2D eigenvalue weighted by Crippen LogP contribution is 2.25. The van der Waals surface area contributed by atoms with Crippen LogP contribution >= 0.6 is 0 Å². The minimum absolute atomic E-state index is 0.193. The molecule has 1 N–H and O–H groups in total. The molecule has 0 saturated heterocycles. The summed E-state index contributed by atoms with van der Waals surface area (Å²) in [6.07, 6.45) is -3.67. The fraction of sp³-hybridized carbons (Fsp3) is 0.143. The van der Waals surface area contributed by atoms with E-state index >= 15 is 0 Å². The molecule has 70 valence electrons. The van der Waals surface area contributed by atoms with Crippen molar-refractivity contribution in [2.24, 2.45) is 0 Å². The van der Waals surface area contributed by atoms with Crippen molar-refractivity contribution >= 4 is 6.29 Å². The highest BCUT2D eigenvalue weighted by atomic mass is 19.4. The predicted octanol–water partition coefficient (Wildman–Crippen LogP) is 1.21. The van der Waals surface area contributed by atoms with E-state index in [4.69, 9.17) is 0 Å². The van der Waals surface area contributed by atoms with Gasteiger partial charge in [0.25, 0.3) is 0 Å². The van der Waals surface area contributed by atoms with Gasteiger partial charge in [0.2, 0.25) is 0 Å². The molecule has 1 aromatic heterocycles. The first-order valence-corrected chi connectivity index (χ1v) is 3.20. The molecule has 0 bridgehead atoms. The summed E-state index contributed by atoms with van der Waals surface area (Å²) in [5.41, 5.74) is -2.43. The Hall–Kier alpha value is -1.59. The van der Waals surface area contributed by atoms with Gasteiger partial charge in [0.15, 0.2) is 11.7 Å². The Balaban J connectivity index is 3.26. The molecule has 1 aromatic rings. The van der Waals surface area contributed by atoms with Crippen LogP contribution in [0, 0.1) is 0 Å². The molecule has 0 aliphatic heterocycles. The van der Waals surface area contributed by atoms with Crippen LogP contribution in [0.3, 0.4) is 0 Å². The molecule has 3 nitrogen and oxygen atoms in total. The maximum Gasteiger partial charge on any atom is 0.431 e. The Morgan fingerprint density at radius 2 is 2.00 bits per heavy atom. The molecule has 0 atom stereocenters. The summed E-state index contributed by atoms with van der Waals surface area (Å²) in [5.74, 6) is 0. The number of alkyl halides is 3. The third-order valence-electron chi connectivity index (χ3n) is 1.38. The number of H-pyrrole nitrogens is 1. The van der Waals surface area contributed by atoms with Gasteiger partial charge in [-0.25, -0.2) is 0 Å². The highest BCUT2D eigenvalue weighted by molar-refractivity contribution is 5.73. The predicted molar refractivity (Wildman–Crippen MR) is 37.5 cm³/mol. The average Bonchev–Trinajstić information content (AvgIpc) is 2.02. The molecule has 0 aliphatic carbocycles. The van der Waals surface area contributed by atoms with Crippen LogP contribution in [0.5, 0.6) is 0 Å². The van der Waals surface area contributed by atoms with E-state index < -0.39 is 17.3 Å². The number of hydrogen-bond acceptors (Lipinski definition) is 2. The van der Waals surface area contributed by atoms with Crippen molar-refractivity contribution < 1.29 is 18.0 Å². The second-order valence-corrected chi connectivity index (χ2v) is 2.28. The molecule has 0 radical (unpaired) electrons. The van der Waals surface area contributed by atoms with E-state index in [9.17, 15) is 22.8 Å². The fourth-order valence-electron chi connectivity index (χ4n) is 0.738. The third kappa shape index (κ3) is 1.95. The monoisotopic (exact) mass is 191 g/mol. The normalized spacial score (nSPS) is 11.3. The second-order valence-electron chi connectivity index (χ2n) is 2.28. The number of carbonyl (C=O) groups is 1. The number of hydrogen-bond donors (Lipinski definition) is 1. The minimum atomic E-state index is -4.60. The van der Waals surface area contributed by atoms with Crippen LogP contribution in [0.25, 0.3) is 0 Å². The summed E-state index contributed by atoms with van der Waals surface area (Å²) in [7, 11) is 0. The van der Waals surface area contributed by atoms with Crippen LogP contribution in [-0.4, -0.2) is 11.3 Å². The topological polar surface area (TPSA) is 49.9 Å². The van der Waals surface area contributed by atoms with Crippen molar-refractivity contribution in [1.82, 2.24) is 4.98 Å². The molecule has 0 fully saturated rings. The first kappa shape index (κ1) is 9.50. The number of aromatic amines is 1. The SMILES string of the molecule is O=Cc1c[nH]c(C(F)(F)F)cc1=O. The van der Waals surface area contributed by atoms with Crippen LogP contribution in [0.4, 0.5) is 13.2 Å².